The lowest BCUT2D eigenvalue weighted by Crippen LogP contribution is -2.35. The molecule has 4 N–H and O–H groups in total. The van der Waals surface area contributed by atoms with Crippen LogP contribution in [0.4, 0.5) is 13.2 Å². The summed E-state index contributed by atoms with van der Waals surface area (Å²) in [5, 5.41) is 44.3. The lowest BCUT2D eigenvalue weighted by Gasteiger charge is -2.20. The Balaban J connectivity index is 2.40. The van der Waals surface area contributed by atoms with Crippen molar-refractivity contribution in [1.82, 2.24) is 15.2 Å². The molecule has 0 fully saturated rings. The van der Waals surface area contributed by atoms with Gasteiger partial charge in [0.25, 0.3) is 0 Å². The smallest absolute Gasteiger partial charge is 0.394 e. The molecule has 7 nitrogen and oxygen atoms in total. The van der Waals surface area contributed by atoms with Crippen molar-refractivity contribution in [3.8, 4) is 0 Å². The van der Waals surface area contributed by atoms with E-state index in [1.807, 2.05) is 0 Å². The van der Waals surface area contributed by atoms with Crippen molar-refractivity contribution in [2.24, 2.45) is 0 Å². The van der Waals surface area contributed by atoms with Gasteiger partial charge in [-0.05, 0) is 18.2 Å². The van der Waals surface area contributed by atoms with Gasteiger partial charge < -0.3 is 20.4 Å². The fraction of sp³-hybridized carbons (Fsp3) is 0.417. The van der Waals surface area contributed by atoms with Crippen LogP contribution >= 0.6 is 0 Å². The minimum absolute atomic E-state index is 0.0705. The van der Waals surface area contributed by atoms with Crippen LogP contribution in [0.3, 0.4) is 0 Å². The van der Waals surface area contributed by atoms with E-state index in [9.17, 15) is 28.5 Å². The van der Waals surface area contributed by atoms with Crippen molar-refractivity contribution < 1.29 is 33.6 Å². The van der Waals surface area contributed by atoms with Crippen LogP contribution in [-0.4, -0.2) is 54.4 Å². The second-order valence-electron chi connectivity index (χ2n) is 4.56. The van der Waals surface area contributed by atoms with Gasteiger partial charge in [0.05, 0.1) is 17.7 Å². The first kappa shape index (κ1) is 16.5. The number of aromatic nitrogens is 3. The second kappa shape index (κ2) is 6.08. The molecule has 1 heterocycles. The molecule has 0 unspecified atom stereocenters. The summed E-state index contributed by atoms with van der Waals surface area (Å²) < 4.78 is 37.9. The first-order valence-electron chi connectivity index (χ1n) is 6.10. The molecular weight excluding hydrogens is 307 g/mol. The first-order chi connectivity index (χ1) is 10.2. The number of hydrogen-bond acceptors (Lipinski definition) is 7. The Kier molecular flexibility index (Phi) is 4.56. The third kappa shape index (κ3) is 3.30. The fourth-order valence-corrected chi connectivity index (χ4v) is 1.72. The van der Waals surface area contributed by atoms with E-state index in [1.54, 1.807) is 0 Å². The molecule has 1 aromatic heterocycles. The van der Waals surface area contributed by atoms with E-state index >= 15 is 0 Å². The van der Waals surface area contributed by atoms with Gasteiger partial charge in [0.2, 0.25) is 0 Å². The zero-order valence-electron chi connectivity index (χ0n) is 10.9. The Morgan fingerprint density at radius 3 is 2.32 bits per heavy atom. The number of rotatable bonds is 4. The molecule has 120 valence electrons. The summed E-state index contributed by atoms with van der Waals surface area (Å²) in [6.07, 6.45) is -9.84. The fourth-order valence-electron chi connectivity index (χ4n) is 1.72. The maximum absolute atomic E-state index is 12.6. The maximum Gasteiger partial charge on any atom is 0.416 e. The summed E-state index contributed by atoms with van der Waals surface area (Å²) in [7, 11) is 0. The van der Waals surface area contributed by atoms with Gasteiger partial charge in [-0.25, -0.2) is 4.98 Å². The Labute approximate surface area is 121 Å². The Morgan fingerprint density at radius 1 is 1.05 bits per heavy atom. The topological polar surface area (TPSA) is 120 Å². The molecule has 2 rings (SSSR count). The van der Waals surface area contributed by atoms with Crippen molar-refractivity contribution in [1.29, 1.82) is 0 Å². The molecule has 3 atom stereocenters. The normalized spacial score (nSPS) is 16.5. The van der Waals surface area contributed by atoms with Gasteiger partial charge in [0, 0.05) is 0 Å². The molecule has 0 aliphatic carbocycles. The van der Waals surface area contributed by atoms with E-state index in [1.165, 1.54) is 0 Å². The molecular formula is C12H12F3N3O4. The van der Waals surface area contributed by atoms with Gasteiger partial charge >= 0.3 is 6.18 Å². The van der Waals surface area contributed by atoms with Crippen molar-refractivity contribution in [2.75, 3.05) is 6.61 Å². The number of alkyl halides is 3. The highest BCUT2D eigenvalue weighted by Crippen LogP contribution is 2.30. The van der Waals surface area contributed by atoms with Gasteiger partial charge in [-0.3, -0.25) is 0 Å². The molecule has 0 aliphatic heterocycles. The summed E-state index contributed by atoms with van der Waals surface area (Å²) >= 11 is 0. The standard InChI is InChI=1S/C12H12F3N3O4/c13-12(14,15)5-1-2-6-7(3-5)16-11(18-17-6)10(22)9(21)8(20)4-19/h1-3,8-10,19-22H,4H2/t8-,9-,10+/m0/s1. The highest BCUT2D eigenvalue weighted by Gasteiger charge is 2.31. The molecule has 0 bridgehead atoms. The van der Waals surface area contributed by atoms with Crippen LogP contribution in [0.25, 0.3) is 11.0 Å². The summed E-state index contributed by atoms with van der Waals surface area (Å²) in [6, 6.07) is 2.63. The molecule has 0 saturated heterocycles. The molecule has 10 heteroatoms. The van der Waals surface area contributed by atoms with Gasteiger partial charge in [-0.15, -0.1) is 10.2 Å². The van der Waals surface area contributed by atoms with Gasteiger partial charge in [-0.1, -0.05) is 0 Å². The highest BCUT2D eigenvalue weighted by atomic mass is 19.4. The number of halogens is 3. The second-order valence-corrected chi connectivity index (χ2v) is 4.56. The highest BCUT2D eigenvalue weighted by molar-refractivity contribution is 5.74. The first-order valence-corrected chi connectivity index (χ1v) is 6.10. The number of benzene rings is 1. The van der Waals surface area contributed by atoms with Crippen LogP contribution in [0.2, 0.25) is 0 Å². The molecule has 0 saturated carbocycles. The average molecular weight is 319 g/mol. The van der Waals surface area contributed by atoms with Crippen molar-refractivity contribution >= 4 is 11.0 Å². The molecule has 22 heavy (non-hydrogen) atoms. The van der Waals surface area contributed by atoms with E-state index in [2.05, 4.69) is 15.2 Å². The molecule has 2 aromatic rings. The number of hydrogen-bond donors (Lipinski definition) is 4. The lowest BCUT2D eigenvalue weighted by molar-refractivity contribution is -0.137. The zero-order valence-corrected chi connectivity index (χ0v) is 10.9. The predicted molar refractivity (Wildman–Crippen MR) is 66.4 cm³/mol. The maximum atomic E-state index is 12.6. The van der Waals surface area contributed by atoms with Crippen molar-refractivity contribution in [3.63, 3.8) is 0 Å². The third-order valence-electron chi connectivity index (χ3n) is 2.97. The number of aliphatic hydroxyl groups excluding tert-OH is 4. The SMILES string of the molecule is OC[C@H](O)[C@H](O)[C@@H](O)c1nnc2ccc(C(F)(F)F)cc2n1. The molecule has 0 amide bonds. The van der Waals surface area contributed by atoms with Crippen LogP contribution in [0.1, 0.15) is 17.5 Å². The Morgan fingerprint density at radius 2 is 1.73 bits per heavy atom. The van der Waals surface area contributed by atoms with Crippen LogP contribution < -0.4 is 0 Å². The monoisotopic (exact) mass is 319 g/mol. The largest absolute Gasteiger partial charge is 0.416 e. The van der Waals surface area contributed by atoms with E-state index < -0.39 is 42.5 Å². The number of nitrogens with zero attached hydrogens (tertiary/aromatic N) is 3. The molecule has 0 aliphatic rings. The van der Waals surface area contributed by atoms with Gasteiger partial charge in [0.1, 0.15) is 23.8 Å². The summed E-state index contributed by atoms with van der Waals surface area (Å²) in [5.74, 6) is -0.466. The van der Waals surface area contributed by atoms with Gasteiger partial charge in [-0.2, -0.15) is 13.2 Å². The van der Waals surface area contributed by atoms with Crippen LogP contribution in [0.15, 0.2) is 18.2 Å². The van der Waals surface area contributed by atoms with E-state index in [-0.39, 0.29) is 11.0 Å². The number of fused-ring (bicyclic) bond motifs is 1. The van der Waals surface area contributed by atoms with Crippen molar-refractivity contribution in [3.05, 3.63) is 29.6 Å². The predicted octanol–water partition coefficient (Wildman–Crippen LogP) is -0.209. The third-order valence-corrected chi connectivity index (χ3v) is 2.97. The Bertz CT molecular complexity index is 668. The Hall–Kier alpha value is -1.88. The lowest BCUT2D eigenvalue weighted by atomic mass is 10.1. The average Bonchev–Trinajstić information content (AvgIpc) is 2.50. The van der Waals surface area contributed by atoms with E-state index in [0.717, 1.165) is 18.2 Å². The van der Waals surface area contributed by atoms with Crippen LogP contribution in [0, 0.1) is 0 Å². The van der Waals surface area contributed by atoms with Crippen LogP contribution in [0.5, 0.6) is 0 Å². The summed E-state index contributed by atoms with van der Waals surface area (Å²) in [5.41, 5.74) is -1.05. The van der Waals surface area contributed by atoms with E-state index in [4.69, 9.17) is 5.11 Å². The van der Waals surface area contributed by atoms with E-state index in [0.29, 0.717) is 0 Å². The zero-order chi connectivity index (χ0) is 16.5. The van der Waals surface area contributed by atoms with Gasteiger partial charge in [0.15, 0.2) is 5.82 Å². The quantitative estimate of drug-likeness (QED) is 0.615. The molecule has 0 spiro atoms. The number of aliphatic hydroxyl groups is 4. The molecule has 1 aromatic carbocycles. The summed E-state index contributed by atoms with van der Waals surface area (Å²) in [4.78, 5) is 3.71. The van der Waals surface area contributed by atoms with Crippen LogP contribution in [-0.2, 0) is 6.18 Å². The van der Waals surface area contributed by atoms with Crippen molar-refractivity contribution in [2.45, 2.75) is 24.5 Å². The minimum atomic E-state index is -4.56. The minimum Gasteiger partial charge on any atom is -0.394 e. The molecule has 0 radical (unpaired) electrons. The summed E-state index contributed by atoms with van der Waals surface area (Å²) in [6.45, 7) is -0.822.